The third-order valence-electron chi connectivity index (χ3n) is 4.47. The fourth-order valence-corrected chi connectivity index (χ4v) is 2.98. The van der Waals surface area contributed by atoms with Gasteiger partial charge in [0, 0.05) is 32.9 Å². The minimum atomic E-state index is 0.675. The molecule has 0 aliphatic heterocycles. The standard InChI is InChI=1S/C21H28ClN3/c1-7-24(5)14-23-20-11-17(4)21(12-19(20)22)25(6)13-18-9-8-15(2)10-16(18)3/h8-12,14H,7,13H2,1-6H3. The van der Waals surface area contributed by atoms with E-state index in [1.807, 2.05) is 24.4 Å². The third-order valence-corrected chi connectivity index (χ3v) is 4.78. The molecule has 0 saturated heterocycles. The smallest absolute Gasteiger partial charge is 0.0910 e. The summed E-state index contributed by atoms with van der Waals surface area (Å²) in [5.41, 5.74) is 7.05. The Kier molecular flexibility index (Phi) is 6.49. The van der Waals surface area contributed by atoms with Gasteiger partial charge in [-0.2, -0.15) is 0 Å². The van der Waals surface area contributed by atoms with Gasteiger partial charge in [0.15, 0.2) is 0 Å². The van der Waals surface area contributed by atoms with Gasteiger partial charge in [-0.3, -0.25) is 0 Å². The number of hydrogen-bond acceptors (Lipinski definition) is 2. The number of benzene rings is 2. The molecule has 0 aliphatic carbocycles. The summed E-state index contributed by atoms with van der Waals surface area (Å²) in [6.07, 6.45) is 1.82. The normalized spacial score (nSPS) is 11.2. The highest BCUT2D eigenvalue weighted by atomic mass is 35.5. The minimum Gasteiger partial charge on any atom is -0.370 e. The van der Waals surface area contributed by atoms with Crippen LogP contribution in [0.25, 0.3) is 0 Å². The molecule has 3 nitrogen and oxygen atoms in total. The Morgan fingerprint density at radius 1 is 1.04 bits per heavy atom. The van der Waals surface area contributed by atoms with Crippen molar-refractivity contribution in [2.45, 2.75) is 34.2 Å². The van der Waals surface area contributed by atoms with Gasteiger partial charge in [-0.25, -0.2) is 4.99 Å². The van der Waals surface area contributed by atoms with E-state index in [4.69, 9.17) is 11.6 Å². The minimum absolute atomic E-state index is 0.675. The van der Waals surface area contributed by atoms with Crippen LogP contribution in [0.5, 0.6) is 0 Å². The van der Waals surface area contributed by atoms with Gasteiger partial charge >= 0.3 is 0 Å². The lowest BCUT2D eigenvalue weighted by molar-refractivity contribution is 0.552. The third kappa shape index (κ3) is 4.99. The molecule has 0 radical (unpaired) electrons. The first kappa shape index (κ1) is 19.3. The van der Waals surface area contributed by atoms with Crippen molar-refractivity contribution in [3.63, 3.8) is 0 Å². The molecule has 0 bridgehead atoms. The summed E-state index contributed by atoms with van der Waals surface area (Å²) in [4.78, 5) is 8.76. The van der Waals surface area contributed by atoms with Crippen molar-refractivity contribution in [1.29, 1.82) is 0 Å². The summed E-state index contributed by atoms with van der Waals surface area (Å²) in [6, 6.07) is 10.7. The second-order valence-corrected chi connectivity index (χ2v) is 7.10. The van der Waals surface area contributed by atoms with Crippen molar-refractivity contribution >= 4 is 29.3 Å². The van der Waals surface area contributed by atoms with Crippen LogP contribution in [0.3, 0.4) is 0 Å². The summed E-state index contributed by atoms with van der Waals surface area (Å²) in [5.74, 6) is 0. The average molecular weight is 358 g/mol. The molecule has 0 aliphatic rings. The van der Waals surface area contributed by atoms with Crippen LogP contribution in [0.1, 0.15) is 29.2 Å². The molecule has 0 saturated carbocycles. The van der Waals surface area contributed by atoms with Gasteiger partial charge in [0.05, 0.1) is 17.0 Å². The summed E-state index contributed by atoms with van der Waals surface area (Å²) >= 11 is 6.47. The van der Waals surface area contributed by atoms with Crippen LogP contribution < -0.4 is 4.90 Å². The van der Waals surface area contributed by atoms with E-state index in [2.05, 4.69) is 68.9 Å². The lowest BCUT2D eigenvalue weighted by Crippen LogP contribution is -2.18. The zero-order valence-corrected chi connectivity index (χ0v) is 16.9. The number of rotatable bonds is 6. The fourth-order valence-electron chi connectivity index (χ4n) is 2.77. The highest BCUT2D eigenvalue weighted by Crippen LogP contribution is 2.33. The zero-order valence-electron chi connectivity index (χ0n) is 16.1. The molecular formula is C21H28ClN3. The van der Waals surface area contributed by atoms with Gasteiger partial charge in [-0.15, -0.1) is 0 Å². The van der Waals surface area contributed by atoms with Crippen LogP contribution in [0, 0.1) is 20.8 Å². The fraction of sp³-hybridized carbons (Fsp3) is 0.381. The van der Waals surface area contributed by atoms with Gasteiger partial charge in [-0.1, -0.05) is 35.4 Å². The molecule has 0 unspecified atom stereocenters. The molecule has 0 amide bonds. The molecule has 134 valence electrons. The van der Waals surface area contributed by atoms with Gasteiger partial charge in [0.1, 0.15) is 0 Å². The Labute approximate surface area is 156 Å². The second-order valence-electron chi connectivity index (χ2n) is 6.69. The number of halogens is 1. The van der Waals surface area contributed by atoms with Crippen LogP contribution >= 0.6 is 11.6 Å². The van der Waals surface area contributed by atoms with Gasteiger partial charge in [0.2, 0.25) is 0 Å². The Morgan fingerprint density at radius 2 is 1.76 bits per heavy atom. The lowest BCUT2D eigenvalue weighted by atomic mass is 10.0. The number of anilines is 1. The molecule has 0 fully saturated rings. The number of hydrogen-bond donors (Lipinski definition) is 0. The molecule has 2 rings (SSSR count). The second kappa shape index (κ2) is 8.39. The molecule has 4 heteroatoms. The van der Waals surface area contributed by atoms with Crippen LogP contribution in [0.2, 0.25) is 5.02 Å². The van der Waals surface area contributed by atoms with E-state index < -0.39 is 0 Å². The van der Waals surface area contributed by atoms with Crippen molar-refractivity contribution in [2.75, 3.05) is 25.5 Å². The quantitative estimate of drug-likeness (QED) is 0.501. The maximum atomic E-state index is 6.47. The highest BCUT2D eigenvalue weighted by Gasteiger charge is 2.11. The summed E-state index contributed by atoms with van der Waals surface area (Å²) in [6.45, 7) is 10.2. The Hall–Kier alpha value is -2.00. The van der Waals surface area contributed by atoms with Crippen LogP contribution in [-0.2, 0) is 6.54 Å². The van der Waals surface area contributed by atoms with Gasteiger partial charge in [-0.05, 0) is 56.5 Å². The predicted molar refractivity (Wildman–Crippen MR) is 111 cm³/mol. The van der Waals surface area contributed by atoms with Crippen molar-refractivity contribution in [1.82, 2.24) is 4.90 Å². The first-order valence-electron chi connectivity index (χ1n) is 8.63. The van der Waals surface area contributed by atoms with Crippen LogP contribution in [0.4, 0.5) is 11.4 Å². The topological polar surface area (TPSA) is 18.8 Å². The average Bonchev–Trinajstić information content (AvgIpc) is 2.57. The van der Waals surface area contributed by atoms with E-state index >= 15 is 0 Å². The maximum absolute atomic E-state index is 6.47. The summed E-state index contributed by atoms with van der Waals surface area (Å²) < 4.78 is 0. The highest BCUT2D eigenvalue weighted by molar-refractivity contribution is 6.33. The maximum Gasteiger partial charge on any atom is 0.0910 e. The van der Waals surface area contributed by atoms with E-state index in [0.29, 0.717) is 5.02 Å². The summed E-state index contributed by atoms with van der Waals surface area (Å²) in [7, 11) is 4.10. The van der Waals surface area contributed by atoms with Crippen molar-refractivity contribution < 1.29 is 0 Å². The SMILES string of the molecule is CCN(C)C=Nc1cc(C)c(N(C)Cc2ccc(C)cc2C)cc1Cl. The van der Waals surface area contributed by atoms with E-state index in [1.165, 1.54) is 22.3 Å². The van der Waals surface area contributed by atoms with E-state index in [-0.39, 0.29) is 0 Å². The molecule has 2 aromatic rings. The largest absolute Gasteiger partial charge is 0.370 e. The first-order valence-corrected chi connectivity index (χ1v) is 9.01. The molecular weight excluding hydrogens is 330 g/mol. The van der Waals surface area contributed by atoms with E-state index in [1.54, 1.807) is 0 Å². The molecule has 0 heterocycles. The molecule has 2 aromatic carbocycles. The van der Waals surface area contributed by atoms with Crippen molar-refractivity contribution in [2.24, 2.45) is 4.99 Å². The number of aryl methyl sites for hydroxylation is 3. The van der Waals surface area contributed by atoms with Crippen LogP contribution in [0.15, 0.2) is 35.3 Å². The Bertz CT molecular complexity index is 768. The predicted octanol–water partition coefficient (Wildman–Crippen LogP) is 5.51. The number of nitrogens with zero attached hydrogens (tertiary/aromatic N) is 3. The Balaban J connectivity index is 2.24. The molecule has 25 heavy (non-hydrogen) atoms. The monoisotopic (exact) mass is 357 g/mol. The molecule has 0 aromatic heterocycles. The van der Waals surface area contributed by atoms with E-state index in [9.17, 15) is 0 Å². The van der Waals surface area contributed by atoms with Gasteiger partial charge < -0.3 is 9.80 Å². The summed E-state index contributed by atoms with van der Waals surface area (Å²) in [5, 5.41) is 0.675. The molecule has 0 spiro atoms. The zero-order chi connectivity index (χ0) is 18.6. The molecule has 0 atom stereocenters. The van der Waals surface area contributed by atoms with Crippen molar-refractivity contribution in [3.8, 4) is 0 Å². The Morgan fingerprint density at radius 3 is 2.40 bits per heavy atom. The van der Waals surface area contributed by atoms with E-state index in [0.717, 1.165) is 24.5 Å². The van der Waals surface area contributed by atoms with Crippen LogP contribution in [-0.4, -0.2) is 31.9 Å². The first-order chi connectivity index (χ1) is 11.8. The molecule has 0 N–H and O–H groups in total. The lowest BCUT2D eigenvalue weighted by Gasteiger charge is -2.23. The number of aliphatic imine (C=N–C) groups is 1. The van der Waals surface area contributed by atoms with Crippen molar-refractivity contribution in [3.05, 3.63) is 57.6 Å². The van der Waals surface area contributed by atoms with Gasteiger partial charge in [0.25, 0.3) is 0 Å².